The molecule has 1 N–H and O–H groups in total. The molecule has 2 aliphatic rings. The number of nitrogens with zero attached hydrogens (tertiary/aromatic N) is 1. The van der Waals surface area contributed by atoms with Gasteiger partial charge in [-0.05, 0) is 41.8 Å². The number of nitrogens with one attached hydrogen (secondary N) is 1. The Balaban J connectivity index is 1.50. The van der Waals surface area contributed by atoms with Crippen LogP contribution in [0.25, 0.3) is 0 Å². The molecule has 0 saturated carbocycles. The number of hydrogen-bond donors (Lipinski definition) is 1. The number of fused-ring (bicyclic) bond motifs is 1. The molecule has 3 aromatic carbocycles. The summed E-state index contributed by atoms with van der Waals surface area (Å²) in [5.74, 6) is 0.489. The van der Waals surface area contributed by atoms with Gasteiger partial charge >= 0.3 is 0 Å². The summed E-state index contributed by atoms with van der Waals surface area (Å²) >= 11 is 0. The van der Waals surface area contributed by atoms with Gasteiger partial charge in [0.1, 0.15) is 6.17 Å². The summed E-state index contributed by atoms with van der Waals surface area (Å²) in [5, 5.41) is 3.70. The fourth-order valence-corrected chi connectivity index (χ4v) is 4.02. The lowest BCUT2D eigenvalue weighted by molar-refractivity contribution is 0.819. The Hall–Kier alpha value is -3.26. The lowest BCUT2D eigenvalue weighted by Gasteiger charge is -2.27. The lowest BCUT2D eigenvalue weighted by Crippen LogP contribution is -2.23. The monoisotopic (exact) mass is 350 g/mol. The van der Waals surface area contributed by atoms with Crippen LogP contribution in [0, 0.1) is 0 Å². The van der Waals surface area contributed by atoms with E-state index < -0.39 is 0 Å². The minimum atomic E-state index is 0.0978. The maximum atomic E-state index is 3.70. The minimum absolute atomic E-state index is 0.0978. The van der Waals surface area contributed by atoms with E-state index in [4.69, 9.17) is 0 Å². The molecule has 0 aromatic heterocycles. The average molecular weight is 350 g/mol. The summed E-state index contributed by atoms with van der Waals surface area (Å²) in [7, 11) is 0. The Morgan fingerprint density at radius 3 is 2.26 bits per heavy atom. The van der Waals surface area contributed by atoms with Crippen molar-refractivity contribution in [2.75, 3.05) is 10.2 Å². The Labute approximate surface area is 160 Å². The van der Waals surface area contributed by atoms with Crippen molar-refractivity contribution in [2.24, 2.45) is 0 Å². The van der Waals surface area contributed by atoms with E-state index in [0.29, 0.717) is 5.92 Å². The van der Waals surface area contributed by atoms with Gasteiger partial charge in [0.05, 0.1) is 11.4 Å². The molecule has 0 bridgehead atoms. The Morgan fingerprint density at radius 1 is 0.741 bits per heavy atom. The molecule has 2 heteroatoms. The predicted octanol–water partition coefficient (Wildman–Crippen LogP) is 6.55. The van der Waals surface area contributed by atoms with Crippen molar-refractivity contribution in [3.8, 4) is 0 Å². The van der Waals surface area contributed by atoms with Crippen LogP contribution in [0.4, 0.5) is 17.1 Å². The highest BCUT2D eigenvalue weighted by Gasteiger charge is 2.30. The van der Waals surface area contributed by atoms with Crippen molar-refractivity contribution in [1.29, 1.82) is 0 Å². The molecule has 5 rings (SSSR count). The first kappa shape index (κ1) is 16.0. The van der Waals surface area contributed by atoms with Crippen molar-refractivity contribution >= 4 is 17.1 Å². The number of rotatable bonds is 3. The first-order valence-electron chi connectivity index (χ1n) is 9.53. The Kier molecular flexibility index (Phi) is 4.02. The SMILES string of the molecule is C1=CCC(c2ccc(C3Nc4ccccc4N3c3ccccc3)cc2)C=C1. The summed E-state index contributed by atoms with van der Waals surface area (Å²) in [6.45, 7) is 0. The third-order valence-electron chi connectivity index (χ3n) is 5.41. The van der Waals surface area contributed by atoms with Crippen LogP contribution in [-0.4, -0.2) is 0 Å². The van der Waals surface area contributed by atoms with Crippen molar-refractivity contribution in [2.45, 2.75) is 18.5 Å². The van der Waals surface area contributed by atoms with E-state index in [9.17, 15) is 0 Å². The summed E-state index contributed by atoms with van der Waals surface area (Å²) in [6, 6.07) is 28.2. The maximum absolute atomic E-state index is 3.70. The average Bonchev–Trinajstić information content (AvgIpc) is 3.15. The molecular weight excluding hydrogens is 328 g/mol. The zero-order valence-corrected chi connectivity index (χ0v) is 15.1. The number of allylic oxidation sites excluding steroid dienone is 4. The van der Waals surface area contributed by atoms with E-state index in [-0.39, 0.29) is 6.17 Å². The molecule has 1 aliphatic carbocycles. The molecule has 1 aliphatic heterocycles. The highest BCUT2D eigenvalue weighted by molar-refractivity contribution is 5.83. The van der Waals surface area contributed by atoms with Gasteiger partial charge in [-0.1, -0.05) is 78.9 Å². The standard InChI is InChI=1S/C25H22N2/c1-3-9-19(10-4-1)20-15-17-21(18-16-20)25-26-23-13-7-8-14-24(23)27(25)22-11-5-2-6-12-22/h1-9,11-19,25-26H,10H2. The second kappa shape index (κ2) is 6.81. The third kappa shape index (κ3) is 2.93. The number of hydrogen-bond acceptors (Lipinski definition) is 2. The van der Waals surface area contributed by atoms with Gasteiger partial charge < -0.3 is 10.2 Å². The van der Waals surface area contributed by atoms with Crippen LogP contribution in [0.2, 0.25) is 0 Å². The van der Waals surface area contributed by atoms with E-state index in [1.54, 1.807) is 0 Å². The molecule has 132 valence electrons. The Morgan fingerprint density at radius 2 is 1.48 bits per heavy atom. The van der Waals surface area contributed by atoms with E-state index in [0.717, 1.165) is 6.42 Å². The third-order valence-corrected chi connectivity index (χ3v) is 5.41. The fourth-order valence-electron chi connectivity index (χ4n) is 4.02. The lowest BCUT2D eigenvalue weighted by atomic mass is 9.92. The van der Waals surface area contributed by atoms with Crippen LogP contribution in [0.15, 0.2) is 103 Å². The smallest absolute Gasteiger partial charge is 0.130 e. The number of benzene rings is 3. The van der Waals surface area contributed by atoms with Gasteiger partial charge in [0.2, 0.25) is 0 Å². The quantitative estimate of drug-likeness (QED) is 0.576. The zero-order chi connectivity index (χ0) is 18.1. The van der Waals surface area contributed by atoms with Gasteiger partial charge in [-0.15, -0.1) is 0 Å². The molecule has 2 atom stereocenters. The molecule has 1 heterocycles. The van der Waals surface area contributed by atoms with Crippen LogP contribution in [0.3, 0.4) is 0 Å². The van der Waals surface area contributed by atoms with Crippen LogP contribution in [0.5, 0.6) is 0 Å². The zero-order valence-electron chi connectivity index (χ0n) is 15.1. The summed E-state index contributed by atoms with van der Waals surface area (Å²) < 4.78 is 0. The van der Waals surface area contributed by atoms with Crippen molar-refractivity contribution < 1.29 is 0 Å². The van der Waals surface area contributed by atoms with Crippen molar-refractivity contribution in [3.05, 3.63) is 114 Å². The van der Waals surface area contributed by atoms with Crippen LogP contribution in [0.1, 0.15) is 29.6 Å². The second-order valence-electron chi connectivity index (χ2n) is 7.09. The molecule has 0 fully saturated rings. The molecule has 0 saturated heterocycles. The summed E-state index contributed by atoms with van der Waals surface area (Å²) in [4.78, 5) is 2.38. The van der Waals surface area contributed by atoms with Gasteiger partial charge in [0.15, 0.2) is 0 Å². The second-order valence-corrected chi connectivity index (χ2v) is 7.09. The summed E-state index contributed by atoms with van der Waals surface area (Å²) in [5.41, 5.74) is 6.24. The first-order valence-corrected chi connectivity index (χ1v) is 9.53. The molecule has 0 radical (unpaired) electrons. The van der Waals surface area contributed by atoms with Crippen LogP contribution >= 0.6 is 0 Å². The minimum Gasteiger partial charge on any atom is -0.359 e. The molecule has 3 aromatic rings. The molecule has 2 nitrogen and oxygen atoms in total. The van der Waals surface area contributed by atoms with Crippen LogP contribution in [-0.2, 0) is 0 Å². The topological polar surface area (TPSA) is 15.3 Å². The highest BCUT2D eigenvalue weighted by Crippen LogP contribution is 2.45. The normalized spacial score (nSPS) is 20.4. The van der Waals surface area contributed by atoms with Gasteiger partial charge in [0, 0.05) is 11.6 Å². The molecule has 27 heavy (non-hydrogen) atoms. The van der Waals surface area contributed by atoms with Gasteiger partial charge in [-0.25, -0.2) is 0 Å². The first-order chi connectivity index (χ1) is 13.4. The van der Waals surface area contributed by atoms with Gasteiger partial charge in [-0.3, -0.25) is 0 Å². The maximum Gasteiger partial charge on any atom is 0.130 e. The molecule has 0 amide bonds. The molecule has 0 spiro atoms. The fraction of sp³-hybridized carbons (Fsp3) is 0.120. The van der Waals surface area contributed by atoms with Crippen molar-refractivity contribution in [3.63, 3.8) is 0 Å². The van der Waals surface area contributed by atoms with E-state index in [2.05, 4.69) is 113 Å². The molecule has 2 unspecified atom stereocenters. The number of anilines is 3. The van der Waals surface area contributed by atoms with Gasteiger partial charge in [-0.2, -0.15) is 0 Å². The largest absolute Gasteiger partial charge is 0.359 e. The van der Waals surface area contributed by atoms with E-state index in [1.165, 1.54) is 28.2 Å². The Bertz CT molecular complexity index is 986. The van der Waals surface area contributed by atoms with E-state index in [1.807, 2.05) is 0 Å². The van der Waals surface area contributed by atoms with Gasteiger partial charge in [0.25, 0.3) is 0 Å². The predicted molar refractivity (Wildman–Crippen MR) is 113 cm³/mol. The highest BCUT2D eigenvalue weighted by atomic mass is 15.3. The number of para-hydroxylation sites is 3. The van der Waals surface area contributed by atoms with E-state index >= 15 is 0 Å². The summed E-state index contributed by atoms with van der Waals surface area (Å²) in [6.07, 6.45) is 9.98. The van der Waals surface area contributed by atoms with Crippen LogP contribution < -0.4 is 10.2 Å². The molecular formula is C25H22N2. The van der Waals surface area contributed by atoms with Crippen molar-refractivity contribution in [1.82, 2.24) is 0 Å².